The largest absolute Gasteiger partial charge is 0.478 e. The van der Waals surface area contributed by atoms with Crippen molar-refractivity contribution in [1.29, 1.82) is 0 Å². The monoisotopic (exact) mass is 256 g/mol. The maximum Gasteiger partial charge on any atom is 0.335 e. The summed E-state index contributed by atoms with van der Waals surface area (Å²) in [4.78, 5) is 10.9. The highest BCUT2D eigenvalue weighted by Gasteiger charge is 2.09. The lowest BCUT2D eigenvalue weighted by atomic mass is 10.0. The van der Waals surface area contributed by atoms with E-state index in [4.69, 9.17) is 5.11 Å². The van der Waals surface area contributed by atoms with Gasteiger partial charge in [-0.3, -0.25) is 0 Å². The van der Waals surface area contributed by atoms with Gasteiger partial charge in [-0.2, -0.15) is 0 Å². The van der Waals surface area contributed by atoms with Crippen molar-refractivity contribution in [3.63, 3.8) is 0 Å². The number of rotatable bonds is 4. The van der Waals surface area contributed by atoms with Crippen LogP contribution in [0.25, 0.3) is 0 Å². The fourth-order valence-electron chi connectivity index (χ4n) is 1.34. The molecule has 0 fully saturated rings. The van der Waals surface area contributed by atoms with E-state index in [0.717, 1.165) is 29.3 Å². The molecule has 0 amide bonds. The van der Waals surface area contributed by atoms with Crippen LogP contribution in [0.4, 0.5) is 0 Å². The number of carboxylic acid groups (broad SMARTS) is 1. The first-order valence-electron chi connectivity index (χ1n) is 4.67. The molecule has 1 aromatic rings. The van der Waals surface area contributed by atoms with Crippen molar-refractivity contribution in [3.05, 3.63) is 33.8 Å². The number of aryl methyl sites for hydroxylation is 1. The summed E-state index contributed by atoms with van der Waals surface area (Å²) in [6.07, 6.45) is 2.93. The summed E-state index contributed by atoms with van der Waals surface area (Å²) in [5.74, 6) is -0.844. The highest BCUT2D eigenvalue weighted by Crippen LogP contribution is 2.18. The second-order valence-electron chi connectivity index (χ2n) is 3.21. The Kier molecular flexibility index (Phi) is 4.14. The summed E-state index contributed by atoms with van der Waals surface area (Å²) < 4.78 is 0.939. The smallest absolute Gasteiger partial charge is 0.335 e. The maximum absolute atomic E-state index is 10.9. The Hall–Kier alpha value is -0.830. The van der Waals surface area contributed by atoms with E-state index in [1.165, 1.54) is 0 Å². The normalized spacial score (nSPS) is 10.1. The van der Waals surface area contributed by atoms with Gasteiger partial charge < -0.3 is 5.11 Å². The van der Waals surface area contributed by atoms with Crippen molar-refractivity contribution in [3.8, 4) is 0 Å². The third kappa shape index (κ3) is 2.84. The minimum atomic E-state index is -0.844. The lowest BCUT2D eigenvalue weighted by Crippen LogP contribution is -2.02. The number of unbranched alkanes of at least 4 members (excludes halogenated alkanes) is 1. The van der Waals surface area contributed by atoms with E-state index in [-0.39, 0.29) is 0 Å². The minimum absolute atomic E-state index is 0.418. The average molecular weight is 257 g/mol. The van der Waals surface area contributed by atoms with Crippen molar-refractivity contribution >= 4 is 21.9 Å². The molecule has 1 aromatic carbocycles. The van der Waals surface area contributed by atoms with Crippen LogP contribution in [-0.4, -0.2) is 11.1 Å². The Labute approximate surface area is 92.1 Å². The number of halogens is 1. The zero-order valence-electron chi connectivity index (χ0n) is 8.09. The molecule has 0 bridgehead atoms. The van der Waals surface area contributed by atoms with Crippen molar-refractivity contribution in [2.75, 3.05) is 0 Å². The molecule has 3 heteroatoms. The summed E-state index contributed by atoms with van der Waals surface area (Å²) in [6.45, 7) is 2.10. The molecule has 0 saturated carbocycles. The van der Waals surface area contributed by atoms with E-state index >= 15 is 0 Å². The first-order chi connectivity index (χ1) is 6.65. The first kappa shape index (κ1) is 11.2. The molecular formula is C11H13BrO2. The Balaban J connectivity index is 2.97. The van der Waals surface area contributed by atoms with Gasteiger partial charge in [0.15, 0.2) is 0 Å². The molecule has 1 rings (SSSR count). The summed E-state index contributed by atoms with van der Waals surface area (Å²) in [7, 11) is 0. The molecule has 0 aliphatic rings. The number of carbonyl (C=O) groups is 1. The molecule has 0 heterocycles. The van der Waals surface area contributed by atoms with Crippen LogP contribution in [0.15, 0.2) is 22.7 Å². The molecule has 0 spiro atoms. The number of aromatic carboxylic acids is 1. The molecular weight excluding hydrogens is 244 g/mol. The maximum atomic E-state index is 10.9. The van der Waals surface area contributed by atoms with Crippen LogP contribution in [0.3, 0.4) is 0 Å². The Morgan fingerprint density at radius 2 is 2.21 bits per heavy atom. The molecule has 1 N–H and O–H groups in total. The third-order valence-corrected chi connectivity index (χ3v) is 2.59. The van der Waals surface area contributed by atoms with E-state index < -0.39 is 5.97 Å². The fourth-order valence-corrected chi connectivity index (χ4v) is 1.75. The summed E-state index contributed by atoms with van der Waals surface area (Å²) >= 11 is 3.34. The predicted molar refractivity (Wildman–Crippen MR) is 59.7 cm³/mol. The summed E-state index contributed by atoms with van der Waals surface area (Å²) in [5.41, 5.74) is 1.33. The number of benzene rings is 1. The highest BCUT2D eigenvalue weighted by molar-refractivity contribution is 9.10. The highest BCUT2D eigenvalue weighted by atomic mass is 79.9. The van der Waals surface area contributed by atoms with E-state index in [1.54, 1.807) is 12.1 Å². The first-order valence-corrected chi connectivity index (χ1v) is 5.46. The molecule has 0 aromatic heterocycles. The predicted octanol–water partition coefficient (Wildman–Crippen LogP) is 3.49. The van der Waals surface area contributed by atoms with Gasteiger partial charge in [-0.05, 0) is 36.6 Å². The fraction of sp³-hybridized carbons (Fsp3) is 0.364. The van der Waals surface area contributed by atoms with Crippen LogP contribution in [0.5, 0.6) is 0 Å². The van der Waals surface area contributed by atoms with E-state index in [2.05, 4.69) is 22.9 Å². The van der Waals surface area contributed by atoms with Crippen LogP contribution < -0.4 is 0 Å². The second-order valence-corrected chi connectivity index (χ2v) is 4.13. The van der Waals surface area contributed by atoms with E-state index in [9.17, 15) is 4.79 Å². The molecule has 0 aliphatic heterocycles. The van der Waals surface area contributed by atoms with Crippen LogP contribution >= 0.6 is 15.9 Å². The van der Waals surface area contributed by atoms with Crippen LogP contribution in [0.1, 0.15) is 35.7 Å². The lowest BCUT2D eigenvalue weighted by Gasteiger charge is -2.05. The van der Waals surface area contributed by atoms with Gasteiger partial charge in [0, 0.05) is 4.47 Å². The van der Waals surface area contributed by atoms with Gasteiger partial charge in [0.05, 0.1) is 5.56 Å². The standard InChI is InChI=1S/C11H13BrO2/c1-2-3-4-8-7-9(12)5-6-10(8)11(13)14/h5-7H,2-4H2,1H3,(H,13,14). The zero-order chi connectivity index (χ0) is 10.6. The third-order valence-electron chi connectivity index (χ3n) is 2.10. The van der Waals surface area contributed by atoms with Crippen molar-refractivity contribution < 1.29 is 9.90 Å². The molecule has 0 aliphatic carbocycles. The van der Waals surface area contributed by atoms with Crippen LogP contribution in [0.2, 0.25) is 0 Å². The lowest BCUT2D eigenvalue weighted by molar-refractivity contribution is 0.0695. The SMILES string of the molecule is CCCCc1cc(Br)ccc1C(=O)O. The molecule has 0 radical (unpaired) electrons. The van der Waals surface area contributed by atoms with Gasteiger partial charge >= 0.3 is 5.97 Å². The number of hydrogen-bond donors (Lipinski definition) is 1. The number of carboxylic acids is 1. The average Bonchev–Trinajstić information content (AvgIpc) is 2.14. The van der Waals surface area contributed by atoms with Gasteiger partial charge in [-0.1, -0.05) is 29.3 Å². The van der Waals surface area contributed by atoms with Gasteiger partial charge in [0.25, 0.3) is 0 Å². The Morgan fingerprint density at radius 1 is 1.50 bits per heavy atom. The van der Waals surface area contributed by atoms with Gasteiger partial charge in [-0.15, -0.1) is 0 Å². The molecule has 0 unspecified atom stereocenters. The summed E-state index contributed by atoms with van der Waals surface area (Å²) in [6, 6.07) is 5.30. The molecule has 76 valence electrons. The molecule has 0 atom stereocenters. The minimum Gasteiger partial charge on any atom is -0.478 e. The van der Waals surface area contributed by atoms with Crippen molar-refractivity contribution in [1.82, 2.24) is 0 Å². The second kappa shape index (κ2) is 5.15. The Bertz CT molecular complexity index is 334. The van der Waals surface area contributed by atoms with Gasteiger partial charge in [0.2, 0.25) is 0 Å². The van der Waals surface area contributed by atoms with Crippen LogP contribution in [0, 0.1) is 0 Å². The van der Waals surface area contributed by atoms with Crippen LogP contribution in [-0.2, 0) is 6.42 Å². The van der Waals surface area contributed by atoms with Crippen molar-refractivity contribution in [2.45, 2.75) is 26.2 Å². The zero-order valence-corrected chi connectivity index (χ0v) is 9.67. The van der Waals surface area contributed by atoms with E-state index in [1.807, 2.05) is 6.07 Å². The Morgan fingerprint density at radius 3 is 2.79 bits per heavy atom. The quantitative estimate of drug-likeness (QED) is 0.896. The molecule has 2 nitrogen and oxygen atoms in total. The number of hydrogen-bond acceptors (Lipinski definition) is 1. The van der Waals surface area contributed by atoms with Crippen molar-refractivity contribution in [2.24, 2.45) is 0 Å². The van der Waals surface area contributed by atoms with Gasteiger partial charge in [-0.25, -0.2) is 4.79 Å². The molecule has 0 saturated heterocycles. The van der Waals surface area contributed by atoms with Gasteiger partial charge in [0.1, 0.15) is 0 Å². The summed E-state index contributed by atoms with van der Waals surface area (Å²) in [5, 5.41) is 8.94. The topological polar surface area (TPSA) is 37.3 Å². The van der Waals surface area contributed by atoms with E-state index in [0.29, 0.717) is 5.56 Å². The molecule has 14 heavy (non-hydrogen) atoms.